The largest absolute Gasteiger partial charge is 0.493 e. The zero-order chi connectivity index (χ0) is 22.7. The number of benzene rings is 3. The number of amides is 2. The van der Waals surface area contributed by atoms with Gasteiger partial charge in [-0.2, -0.15) is 0 Å². The Bertz CT molecular complexity index is 1150. The van der Waals surface area contributed by atoms with Gasteiger partial charge in [0.2, 0.25) is 0 Å². The molecule has 0 bridgehead atoms. The number of nitrogens with zero attached hydrogens (tertiary/aromatic N) is 1. The summed E-state index contributed by atoms with van der Waals surface area (Å²) in [5, 5.41) is 0. The summed E-state index contributed by atoms with van der Waals surface area (Å²) in [4.78, 5) is 29.5. The first-order valence-corrected chi connectivity index (χ1v) is 11.4. The molecule has 0 saturated carbocycles. The molecule has 32 heavy (non-hydrogen) atoms. The fourth-order valence-corrected chi connectivity index (χ4v) is 4.39. The molecule has 0 unspecified atom stereocenters. The Kier molecular flexibility index (Phi) is 6.47. The van der Waals surface area contributed by atoms with Crippen LogP contribution in [0.5, 0.6) is 5.75 Å². The van der Waals surface area contributed by atoms with Crippen LogP contribution in [0.3, 0.4) is 0 Å². The first kappa shape index (κ1) is 21.9. The molecule has 162 valence electrons. The van der Waals surface area contributed by atoms with Crippen LogP contribution in [0.15, 0.2) is 88.7 Å². The lowest BCUT2D eigenvalue weighted by Gasteiger charge is -2.15. The van der Waals surface area contributed by atoms with Crippen LogP contribution in [-0.4, -0.2) is 18.4 Å². The Morgan fingerprint density at radius 1 is 0.844 bits per heavy atom. The second-order valence-electron chi connectivity index (χ2n) is 8.13. The first-order chi connectivity index (χ1) is 15.4. The van der Waals surface area contributed by atoms with Crippen LogP contribution in [-0.2, 0) is 9.59 Å². The molecule has 3 aromatic carbocycles. The summed E-state index contributed by atoms with van der Waals surface area (Å²) >= 11 is 1.32. The lowest BCUT2D eigenvalue weighted by atomic mass is 10.1. The number of ether oxygens (including phenoxy) is 1. The number of hydrogen-bond acceptors (Lipinski definition) is 4. The Balaban J connectivity index is 1.72. The third-order valence-corrected chi connectivity index (χ3v) is 6.11. The number of imide groups is 1. The van der Waals surface area contributed by atoms with E-state index in [1.807, 2.05) is 85.8 Å². The summed E-state index contributed by atoms with van der Waals surface area (Å²) in [6.07, 6.45) is 0. The Morgan fingerprint density at radius 3 is 2.12 bits per heavy atom. The van der Waals surface area contributed by atoms with Crippen LogP contribution >= 0.6 is 11.8 Å². The highest BCUT2D eigenvalue weighted by atomic mass is 32.2. The highest BCUT2D eigenvalue weighted by Gasteiger charge is 2.40. The number of rotatable bonds is 7. The Labute approximate surface area is 192 Å². The molecule has 3 aromatic rings. The standard InChI is InChI=1S/C27H25NO3S/c1-18(2)17-31-22-15-11-20(12-16-22)24-25(32-23-7-5-4-6-8-23)27(30)28(26(24)29)21-13-9-19(3)10-14-21/h4-16,18H,17H2,1-3H3. The number of carbonyl (C=O) groups is 2. The van der Waals surface area contributed by atoms with Crippen molar-refractivity contribution >= 4 is 34.8 Å². The van der Waals surface area contributed by atoms with Crippen LogP contribution in [0.4, 0.5) is 5.69 Å². The minimum atomic E-state index is -0.312. The van der Waals surface area contributed by atoms with Gasteiger partial charge in [-0.05, 0) is 54.8 Å². The van der Waals surface area contributed by atoms with E-state index in [4.69, 9.17) is 4.74 Å². The van der Waals surface area contributed by atoms with Gasteiger partial charge in [0.25, 0.3) is 11.8 Å². The molecule has 0 aromatic heterocycles. The van der Waals surface area contributed by atoms with Gasteiger partial charge in [-0.1, -0.05) is 73.6 Å². The van der Waals surface area contributed by atoms with E-state index in [0.717, 1.165) is 16.2 Å². The molecule has 0 radical (unpaired) electrons. The van der Waals surface area contributed by atoms with Crippen LogP contribution < -0.4 is 9.64 Å². The van der Waals surface area contributed by atoms with E-state index in [9.17, 15) is 9.59 Å². The molecule has 4 rings (SSSR count). The van der Waals surface area contributed by atoms with Crippen LogP contribution in [0.25, 0.3) is 5.57 Å². The van der Waals surface area contributed by atoms with Gasteiger partial charge in [0, 0.05) is 4.90 Å². The molecule has 0 N–H and O–H groups in total. The van der Waals surface area contributed by atoms with E-state index >= 15 is 0 Å². The van der Waals surface area contributed by atoms with E-state index < -0.39 is 0 Å². The Morgan fingerprint density at radius 2 is 1.50 bits per heavy atom. The number of carbonyl (C=O) groups excluding carboxylic acids is 2. The second kappa shape index (κ2) is 9.45. The lowest BCUT2D eigenvalue weighted by Crippen LogP contribution is -2.31. The molecule has 0 saturated heterocycles. The molecule has 5 heteroatoms. The molecule has 0 spiro atoms. The molecule has 4 nitrogen and oxygen atoms in total. The summed E-state index contributed by atoms with van der Waals surface area (Å²) in [5.74, 6) is 0.548. The first-order valence-electron chi connectivity index (χ1n) is 10.6. The highest BCUT2D eigenvalue weighted by Crippen LogP contribution is 2.41. The predicted octanol–water partition coefficient (Wildman–Crippen LogP) is 6.11. The van der Waals surface area contributed by atoms with Gasteiger partial charge in [0.15, 0.2) is 0 Å². The summed E-state index contributed by atoms with van der Waals surface area (Å²) in [5.41, 5.74) is 2.76. The summed E-state index contributed by atoms with van der Waals surface area (Å²) in [7, 11) is 0. The van der Waals surface area contributed by atoms with Crippen molar-refractivity contribution in [2.24, 2.45) is 5.92 Å². The van der Waals surface area contributed by atoms with Crippen molar-refractivity contribution in [3.05, 3.63) is 94.9 Å². The Hall–Kier alpha value is -3.31. The van der Waals surface area contributed by atoms with E-state index in [2.05, 4.69) is 13.8 Å². The number of thioether (sulfide) groups is 1. The molecular formula is C27H25NO3S. The number of anilines is 1. The van der Waals surface area contributed by atoms with Crippen molar-refractivity contribution in [1.82, 2.24) is 0 Å². The third kappa shape index (κ3) is 4.63. The smallest absolute Gasteiger partial charge is 0.272 e. The monoisotopic (exact) mass is 443 g/mol. The van der Waals surface area contributed by atoms with Gasteiger partial charge in [0.1, 0.15) is 5.75 Å². The van der Waals surface area contributed by atoms with Crippen molar-refractivity contribution in [3.63, 3.8) is 0 Å². The van der Waals surface area contributed by atoms with Crippen molar-refractivity contribution in [1.29, 1.82) is 0 Å². The van der Waals surface area contributed by atoms with Gasteiger partial charge in [-0.3, -0.25) is 9.59 Å². The SMILES string of the molecule is Cc1ccc(N2C(=O)C(Sc3ccccc3)=C(c3ccc(OCC(C)C)cc3)C2=O)cc1. The van der Waals surface area contributed by atoms with Gasteiger partial charge in [0.05, 0.1) is 22.8 Å². The summed E-state index contributed by atoms with van der Waals surface area (Å²) < 4.78 is 5.77. The van der Waals surface area contributed by atoms with Gasteiger partial charge in [-0.15, -0.1) is 0 Å². The topological polar surface area (TPSA) is 46.6 Å². The van der Waals surface area contributed by atoms with Crippen LogP contribution in [0.1, 0.15) is 25.0 Å². The zero-order valence-corrected chi connectivity index (χ0v) is 19.2. The van der Waals surface area contributed by atoms with Crippen molar-refractivity contribution in [2.75, 3.05) is 11.5 Å². The van der Waals surface area contributed by atoms with Gasteiger partial charge >= 0.3 is 0 Å². The lowest BCUT2D eigenvalue weighted by molar-refractivity contribution is -0.119. The van der Waals surface area contributed by atoms with E-state index in [1.54, 1.807) is 0 Å². The minimum absolute atomic E-state index is 0.303. The molecule has 2 amide bonds. The van der Waals surface area contributed by atoms with Crippen molar-refractivity contribution in [2.45, 2.75) is 25.7 Å². The van der Waals surface area contributed by atoms with Crippen molar-refractivity contribution < 1.29 is 14.3 Å². The highest BCUT2D eigenvalue weighted by molar-refractivity contribution is 8.04. The van der Waals surface area contributed by atoms with Crippen molar-refractivity contribution in [3.8, 4) is 5.75 Å². The molecule has 1 aliphatic heterocycles. The third-order valence-electron chi connectivity index (χ3n) is 5.02. The predicted molar refractivity (Wildman–Crippen MR) is 130 cm³/mol. The van der Waals surface area contributed by atoms with Gasteiger partial charge in [-0.25, -0.2) is 4.90 Å². The normalized spacial score (nSPS) is 13.9. The molecule has 1 heterocycles. The van der Waals surface area contributed by atoms with E-state index in [1.165, 1.54) is 16.7 Å². The van der Waals surface area contributed by atoms with Crippen LogP contribution in [0, 0.1) is 12.8 Å². The maximum atomic E-state index is 13.5. The van der Waals surface area contributed by atoms with Crippen LogP contribution in [0.2, 0.25) is 0 Å². The van der Waals surface area contributed by atoms with E-state index in [0.29, 0.717) is 34.3 Å². The molecular weight excluding hydrogens is 418 g/mol. The summed E-state index contributed by atoms with van der Waals surface area (Å²) in [6.45, 7) is 6.78. The van der Waals surface area contributed by atoms with E-state index in [-0.39, 0.29) is 11.8 Å². The van der Waals surface area contributed by atoms with Gasteiger partial charge < -0.3 is 4.74 Å². The average molecular weight is 444 g/mol. The minimum Gasteiger partial charge on any atom is -0.493 e. The fourth-order valence-electron chi connectivity index (χ4n) is 3.37. The molecule has 0 aliphatic carbocycles. The number of aryl methyl sites for hydroxylation is 1. The maximum absolute atomic E-state index is 13.5. The quantitative estimate of drug-likeness (QED) is 0.414. The summed E-state index contributed by atoms with van der Waals surface area (Å²) in [6, 6.07) is 24.4. The maximum Gasteiger partial charge on any atom is 0.272 e. The molecule has 0 atom stereocenters. The molecule has 1 aliphatic rings. The fraction of sp³-hybridized carbons (Fsp3) is 0.185. The number of hydrogen-bond donors (Lipinski definition) is 0. The molecule has 0 fully saturated rings. The zero-order valence-electron chi connectivity index (χ0n) is 18.4. The average Bonchev–Trinajstić information content (AvgIpc) is 3.03. The second-order valence-corrected chi connectivity index (χ2v) is 9.21.